The van der Waals surface area contributed by atoms with E-state index in [0.29, 0.717) is 6.42 Å². The molecule has 0 atom stereocenters. The van der Waals surface area contributed by atoms with E-state index in [4.69, 9.17) is 0 Å². The van der Waals surface area contributed by atoms with Crippen LogP contribution in [0.25, 0.3) is 0 Å². The summed E-state index contributed by atoms with van der Waals surface area (Å²) < 4.78 is 0. The maximum atomic E-state index is 11.5. The highest BCUT2D eigenvalue weighted by Gasteiger charge is 2.21. The third-order valence-corrected chi connectivity index (χ3v) is 2.51. The van der Waals surface area contributed by atoms with Crippen molar-refractivity contribution >= 4 is 11.6 Å². The van der Waals surface area contributed by atoms with Gasteiger partial charge in [0.1, 0.15) is 0 Å². The first-order valence-corrected chi connectivity index (χ1v) is 4.71. The molecule has 0 unspecified atom stereocenters. The third-order valence-electron chi connectivity index (χ3n) is 2.51. The molecule has 2 rings (SSSR count). The van der Waals surface area contributed by atoms with Gasteiger partial charge in [0.25, 0.3) is 0 Å². The summed E-state index contributed by atoms with van der Waals surface area (Å²) >= 11 is 0. The molecule has 13 heavy (non-hydrogen) atoms. The number of nitrogens with zero attached hydrogens (tertiary/aromatic N) is 1. The minimum Gasteiger partial charge on any atom is -0.312 e. The zero-order chi connectivity index (χ0) is 9.26. The lowest BCUT2D eigenvalue weighted by molar-refractivity contribution is -0.118. The van der Waals surface area contributed by atoms with Crippen LogP contribution in [-0.2, 0) is 11.2 Å². The van der Waals surface area contributed by atoms with Crippen LogP contribution in [0.2, 0.25) is 0 Å². The Hall–Kier alpha value is -1.31. The summed E-state index contributed by atoms with van der Waals surface area (Å²) in [6.07, 6.45) is 1.55. The molecule has 2 nitrogen and oxygen atoms in total. The molecule has 0 saturated heterocycles. The van der Waals surface area contributed by atoms with Gasteiger partial charge in [-0.15, -0.1) is 0 Å². The maximum absolute atomic E-state index is 11.5. The van der Waals surface area contributed by atoms with Gasteiger partial charge in [-0.3, -0.25) is 4.79 Å². The fourth-order valence-electron chi connectivity index (χ4n) is 1.84. The number of rotatable bonds is 1. The first-order chi connectivity index (χ1) is 6.33. The fraction of sp³-hybridized carbons (Fsp3) is 0.364. The molecule has 1 aliphatic rings. The normalized spacial score (nSPS) is 15.8. The van der Waals surface area contributed by atoms with E-state index in [2.05, 4.69) is 6.07 Å². The fourth-order valence-corrected chi connectivity index (χ4v) is 1.84. The van der Waals surface area contributed by atoms with E-state index in [1.807, 2.05) is 30.0 Å². The average Bonchev–Trinajstić information content (AvgIpc) is 2.18. The Balaban J connectivity index is 2.45. The monoisotopic (exact) mass is 175 g/mol. The predicted molar refractivity (Wildman–Crippen MR) is 52.8 cm³/mol. The number of anilines is 1. The molecule has 2 heteroatoms. The molecule has 1 heterocycles. The Morgan fingerprint density at radius 1 is 1.31 bits per heavy atom. The lowest BCUT2D eigenvalue weighted by atomic mass is 10.0. The Kier molecular flexibility index (Phi) is 2.05. The van der Waals surface area contributed by atoms with Crippen LogP contribution in [-0.4, -0.2) is 12.5 Å². The molecule has 1 aromatic rings. The highest BCUT2D eigenvalue weighted by Crippen LogP contribution is 2.26. The molecule has 0 bridgehead atoms. The second kappa shape index (κ2) is 3.21. The van der Waals surface area contributed by atoms with Crippen LogP contribution < -0.4 is 4.90 Å². The van der Waals surface area contributed by atoms with E-state index in [9.17, 15) is 4.79 Å². The first kappa shape index (κ1) is 8.30. The summed E-state index contributed by atoms with van der Waals surface area (Å²) in [6, 6.07) is 8.14. The molecule has 1 aromatic carbocycles. The number of carbonyl (C=O) groups is 1. The van der Waals surface area contributed by atoms with Gasteiger partial charge < -0.3 is 4.90 Å². The van der Waals surface area contributed by atoms with E-state index in [1.54, 1.807) is 0 Å². The van der Waals surface area contributed by atoms with Crippen molar-refractivity contribution < 1.29 is 4.79 Å². The number of para-hydroxylation sites is 1. The van der Waals surface area contributed by atoms with Crippen LogP contribution >= 0.6 is 0 Å². The highest BCUT2D eigenvalue weighted by molar-refractivity contribution is 5.96. The van der Waals surface area contributed by atoms with Crippen LogP contribution in [0, 0.1) is 0 Å². The summed E-state index contributed by atoms with van der Waals surface area (Å²) in [6.45, 7) is 2.79. The van der Waals surface area contributed by atoms with Crippen molar-refractivity contribution in [3.05, 3.63) is 29.8 Å². The summed E-state index contributed by atoms with van der Waals surface area (Å²) in [5, 5.41) is 0. The van der Waals surface area contributed by atoms with Crippen LogP contribution in [0.5, 0.6) is 0 Å². The van der Waals surface area contributed by atoms with Crippen molar-refractivity contribution in [2.45, 2.75) is 19.8 Å². The number of hydrogen-bond donors (Lipinski definition) is 0. The van der Waals surface area contributed by atoms with Gasteiger partial charge in [0, 0.05) is 18.7 Å². The second-order valence-electron chi connectivity index (χ2n) is 3.27. The molecule has 0 saturated carbocycles. The SMILES string of the molecule is CCN1C(=O)CCc2ccccc21. The summed E-state index contributed by atoms with van der Waals surface area (Å²) in [4.78, 5) is 13.4. The van der Waals surface area contributed by atoms with Crippen molar-refractivity contribution in [3.63, 3.8) is 0 Å². The van der Waals surface area contributed by atoms with Crippen molar-refractivity contribution in [1.29, 1.82) is 0 Å². The molecule has 0 N–H and O–H groups in total. The smallest absolute Gasteiger partial charge is 0.227 e. The van der Waals surface area contributed by atoms with Crippen molar-refractivity contribution in [3.8, 4) is 0 Å². The lowest BCUT2D eigenvalue weighted by Crippen LogP contribution is -2.34. The topological polar surface area (TPSA) is 20.3 Å². The molecule has 0 radical (unpaired) electrons. The van der Waals surface area contributed by atoms with Crippen LogP contribution in [0.1, 0.15) is 18.9 Å². The third kappa shape index (κ3) is 1.32. The molecular weight excluding hydrogens is 162 g/mol. The number of benzene rings is 1. The number of aryl methyl sites for hydroxylation is 1. The number of amides is 1. The van der Waals surface area contributed by atoms with Gasteiger partial charge in [-0.2, -0.15) is 0 Å². The van der Waals surface area contributed by atoms with Gasteiger partial charge in [0.05, 0.1) is 0 Å². The quantitative estimate of drug-likeness (QED) is 0.639. The summed E-state index contributed by atoms with van der Waals surface area (Å²) in [5.41, 5.74) is 2.39. The minimum absolute atomic E-state index is 0.251. The highest BCUT2D eigenvalue weighted by atomic mass is 16.2. The minimum atomic E-state index is 0.251. The molecule has 0 aromatic heterocycles. The van der Waals surface area contributed by atoms with Crippen molar-refractivity contribution in [1.82, 2.24) is 0 Å². The molecule has 0 aliphatic carbocycles. The summed E-state index contributed by atoms with van der Waals surface area (Å²) in [7, 11) is 0. The van der Waals surface area contributed by atoms with Gasteiger partial charge in [-0.25, -0.2) is 0 Å². The van der Waals surface area contributed by atoms with Gasteiger partial charge in [-0.05, 0) is 25.0 Å². The Morgan fingerprint density at radius 2 is 2.08 bits per heavy atom. The van der Waals surface area contributed by atoms with Gasteiger partial charge in [-0.1, -0.05) is 18.2 Å². The van der Waals surface area contributed by atoms with Crippen molar-refractivity contribution in [2.75, 3.05) is 11.4 Å². The van der Waals surface area contributed by atoms with Crippen LogP contribution in [0.15, 0.2) is 24.3 Å². The van der Waals surface area contributed by atoms with E-state index < -0.39 is 0 Å². The molecule has 0 fully saturated rings. The maximum Gasteiger partial charge on any atom is 0.227 e. The molecule has 68 valence electrons. The number of hydrogen-bond acceptors (Lipinski definition) is 1. The average molecular weight is 175 g/mol. The molecule has 0 spiro atoms. The second-order valence-corrected chi connectivity index (χ2v) is 3.27. The molecule has 1 aliphatic heterocycles. The Bertz CT molecular complexity index is 333. The van der Waals surface area contributed by atoms with Crippen LogP contribution in [0.4, 0.5) is 5.69 Å². The van der Waals surface area contributed by atoms with Gasteiger partial charge >= 0.3 is 0 Å². The Labute approximate surface area is 78.2 Å². The van der Waals surface area contributed by atoms with Crippen molar-refractivity contribution in [2.24, 2.45) is 0 Å². The van der Waals surface area contributed by atoms with E-state index >= 15 is 0 Å². The largest absolute Gasteiger partial charge is 0.312 e. The Morgan fingerprint density at radius 3 is 2.85 bits per heavy atom. The zero-order valence-corrected chi connectivity index (χ0v) is 7.79. The van der Waals surface area contributed by atoms with E-state index in [1.165, 1.54) is 5.56 Å². The van der Waals surface area contributed by atoms with Gasteiger partial charge in [0.2, 0.25) is 5.91 Å². The number of fused-ring (bicyclic) bond motifs is 1. The lowest BCUT2D eigenvalue weighted by Gasteiger charge is -2.28. The molecule has 1 amide bonds. The molecular formula is C11H13NO. The first-order valence-electron chi connectivity index (χ1n) is 4.71. The number of carbonyl (C=O) groups excluding carboxylic acids is 1. The van der Waals surface area contributed by atoms with Crippen LogP contribution in [0.3, 0.4) is 0 Å². The van der Waals surface area contributed by atoms with E-state index in [0.717, 1.165) is 18.7 Å². The van der Waals surface area contributed by atoms with Gasteiger partial charge in [0.15, 0.2) is 0 Å². The summed E-state index contributed by atoms with van der Waals surface area (Å²) in [5.74, 6) is 0.251. The predicted octanol–water partition coefficient (Wildman–Crippen LogP) is 1.99. The standard InChI is InChI=1S/C11H13NO/c1-2-12-10-6-4-3-5-9(10)7-8-11(12)13/h3-6H,2,7-8H2,1H3. The van der Waals surface area contributed by atoms with E-state index in [-0.39, 0.29) is 5.91 Å². The zero-order valence-electron chi connectivity index (χ0n) is 7.79.